The van der Waals surface area contributed by atoms with Gasteiger partial charge in [-0.05, 0) is 11.6 Å². The van der Waals surface area contributed by atoms with E-state index in [2.05, 4.69) is 28.9 Å². The molecule has 0 bridgehead atoms. The van der Waals surface area contributed by atoms with Crippen LogP contribution >= 0.6 is 34.5 Å². The molecule has 0 aliphatic heterocycles. The fourth-order valence-corrected chi connectivity index (χ4v) is 3.92. The van der Waals surface area contributed by atoms with Crippen molar-refractivity contribution < 1.29 is 0 Å². The average Bonchev–Trinajstić information content (AvgIpc) is 3.11. The van der Waals surface area contributed by atoms with Crippen molar-refractivity contribution in [2.24, 2.45) is 0 Å². The maximum absolute atomic E-state index is 6.27. The molecule has 5 heteroatoms. The quantitative estimate of drug-likeness (QED) is 0.441. The smallest absolute Gasteiger partial charge is 0.194 e. The fraction of sp³-hybridized carbons (Fsp3) is 0.0556. The van der Waals surface area contributed by atoms with E-state index in [4.69, 9.17) is 28.2 Å². The van der Waals surface area contributed by atoms with Crippen molar-refractivity contribution in [3.05, 3.63) is 81.4 Å². The Morgan fingerprint density at radius 3 is 2.57 bits per heavy atom. The molecule has 2 nitrogen and oxygen atoms in total. The van der Waals surface area contributed by atoms with Crippen LogP contribution in [-0.2, 0) is 6.42 Å². The number of nitrogens with zero attached hydrogens (tertiary/aromatic N) is 2. The van der Waals surface area contributed by atoms with E-state index in [9.17, 15) is 0 Å². The van der Waals surface area contributed by atoms with Gasteiger partial charge in [0.2, 0.25) is 0 Å². The van der Waals surface area contributed by atoms with Crippen LogP contribution in [0.3, 0.4) is 0 Å². The fourth-order valence-electron chi connectivity index (χ4n) is 2.55. The van der Waals surface area contributed by atoms with Crippen LogP contribution in [0.4, 0.5) is 0 Å². The Hall–Kier alpha value is -1.81. The lowest BCUT2D eigenvalue weighted by Crippen LogP contribution is -1.87. The van der Waals surface area contributed by atoms with Crippen LogP contribution in [0, 0.1) is 0 Å². The van der Waals surface area contributed by atoms with Crippen LogP contribution in [0.2, 0.25) is 10.0 Å². The van der Waals surface area contributed by atoms with Crippen molar-refractivity contribution in [2.75, 3.05) is 0 Å². The maximum Gasteiger partial charge on any atom is 0.194 e. The Bertz CT molecular complexity index is 942. The third-order valence-corrected chi connectivity index (χ3v) is 5.52. The van der Waals surface area contributed by atoms with E-state index in [1.807, 2.05) is 30.3 Å². The topological polar surface area (TPSA) is 17.3 Å². The average molecular weight is 359 g/mol. The van der Waals surface area contributed by atoms with Gasteiger partial charge in [0, 0.05) is 29.3 Å². The molecule has 0 spiro atoms. The second kappa shape index (κ2) is 6.00. The highest BCUT2D eigenvalue weighted by Gasteiger charge is 2.11. The predicted molar refractivity (Wildman–Crippen MR) is 97.8 cm³/mol. The van der Waals surface area contributed by atoms with Gasteiger partial charge in [0.25, 0.3) is 0 Å². The summed E-state index contributed by atoms with van der Waals surface area (Å²) in [6, 6.07) is 15.9. The summed E-state index contributed by atoms with van der Waals surface area (Å²) in [6.07, 6.45) is 4.93. The van der Waals surface area contributed by atoms with Crippen molar-refractivity contribution in [2.45, 2.75) is 6.42 Å². The molecule has 0 saturated heterocycles. The lowest BCUT2D eigenvalue weighted by Gasteiger charge is -2.03. The number of imidazole rings is 1. The highest BCUT2D eigenvalue weighted by atomic mass is 35.5. The summed E-state index contributed by atoms with van der Waals surface area (Å²) in [5, 5.41) is 1.22. The van der Waals surface area contributed by atoms with E-state index in [-0.39, 0.29) is 0 Å². The Labute approximate surface area is 147 Å². The summed E-state index contributed by atoms with van der Waals surface area (Å²) < 4.78 is 2.07. The summed E-state index contributed by atoms with van der Waals surface area (Å²) in [6.45, 7) is 0. The van der Waals surface area contributed by atoms with Crippen molar-refractivity contribution in [1.29, 1.82) is 0 Å². The molecular formula is C18H12Cl2N2S. The van der Waals surface area contributed by atoms with Crippen molar-refractivity contribution in [1.82, 2.24) is 9.38 Å². The van der Waals surface area contributed by atoms with Crippen molar-refractivity contribution >= 4 is 39.5 Å². The van der Waals surface area contributed by atoms with Gasteiger partial charge in [-0.1, -0.05) is 65.7 Å². The molecule has 0 amide bonds. The lowest BCUT2D eigenvalue weighted by atomic mass is 10.1. The summed E-state index contributed by atoms with van der Waals surface area (Å²) in [7, 11) is 0. The van der Waals surface area contributed by atoms with Gasteiger partial charge in [-0.2, -0.15) is 0 Å². The first-order chi connectivity index (χ1) is 11.2. The summed E-state index contributed by atoms with van der Waals surface area (Å²) in [5.74, 6) is 0. The number of hydrogen-bond acceptors (Lipinski definition) is 2. The molecule has 0 aliphatic carbocycles. The van der Waals surface area contributed by atoms with E-state index in [0.29, 0.717) is 10.0 Å². The van der Waals surface area contributed by atoms with Crippen LogP contribution < -0.4 is 0 Å². The van der Waals surface area contributed by atoms with Crippen LogP contribution in [0.15, 0.2) is 60.9 Å². The number of benzene rings is 2. The minimum Gasteiger partial charge on any atom is -0.297 e. The molecule has 23 heavy (non-hydrogen) atoms. The monoisotopic (exact) mass is 358 g/mol. The summed E-state index contributed by atoms with van der Waals surface area (Å²) >= 11 is 14.0. The molecule has 114 valence electrons. The van der Waals surface area contributed by atoms with Crippen LogP contribution in [0.25, 0.3) is 16.2 Å². The molecule has 0 saturated carbocycles. The van der Waals surface area contributed by atoms with Gasteiger partial charge in [-0.3, -0.25) is 4.40 Å². The van der Waals surface area contributed by atoms with Gasteiger partial charge in [0.1, 0.15) is 0 Å². The third kappa shape index (κ3) is 2.88. The molecule has 4 rings (SSSR count). The Balaban J connectivity index is 1.65. The minimum absolute atomic E-state index is 0.594. The molecule has 0 fully saturated rings. The van der Waals surface area contributed by atoms with E-state index in [1.165, 1.54) is 4.88 Å². The highest BCUT2D eigenvalue weighted by Crippen LogP contribution is 2.30. The maximum atomic E-state index is 6.27. The Kier molecular flexibility index (Phi) is 3.85. The number of aromatic nitrogens is 2. The second-order valence-electron chi connectivity index (χ2n) is 5.27. The number of rotatable bonds is 3. The Morgan fingerprint density at radius 1 is 0.957 bits per heavy atom. The number of thiazole rings is 1. The number of hydrogen-bond donors (Lipinski definition) is 0. The van der Waals surface area contributed by atoms with Crippen LogP contribution in [-0.4, -0.2) is 9.38 Å². The first-order valence-corrected chi connectivity index (χ1v) is 8.74. The van der Waals surface area contributed by atoms with Gasteiger partial charge in [-0.15, -0.1) is 11.3 Å². The molecule has 4 aromatic rings. The minimum atomic E-state index is 0.594. The lowest BCUT2D eigenvalue weighted by molar-refractivity contribution is 1.16. The molecule has 0 aliphatic rings. The summed E-state index contributed by atoms with van der Waals surface area (Å²) in [4.78, 5) is 6.90. The molecule has 2 aromatic carbocycles. The Morgan fingerprint density at radius 2 is 1.78 bits per heavy atom. The van der Waals surface area contributed by atoms with Crippen LogP contribution in [0.5, 0.6) is 0 Å². The van der Waals surface area contributed by atoms with Gasteiger partial charge in [0.05, 0.1) is 15.7 Å². The van der Waals surface area contributed by atoms with E-state index in [1.54, 1.807) is 17.4 Å². The zero-order chi connectivity index (χ0) is 15.8. The SMILES string of the molecule is Clc1cccc(Cc2cn3cc(-c4ccccc4)nc3s2)c1Cl. The largest absolute Gasteiger partial charge is 0.297 e. The summed E-state index contributed by atoms with van der Waals surface area (Å²) in [5.41, 5.74) is 3.15. The standard InChI is InChI=1S/C18H12Cl2N2S/c19-15-8-4-7-13(17(15)20)9-14-10-22-11-16(21-18(22)23-14)12-5-2-1-3-6-12/h1-8,10-11H,9H2. The number of halogens is 2. The second-order valence-corrected chi connectivity index (χ2v) is 7.15. The van der Waals surface area contributed by atoms with E-state index >= 15 is 0 Å². The van der Waals surface area contributed by atoms with Gasteiger partial charge in [-0.25, -0.2) is 4.98 Å². The van der Waals surface area contributed by atoms with Gasteiger partial charge < -0.3 is 0 Å². The molecule has 2 aromatic heterocycles. The van der Waals surface area contributed by atoms with E-state index < -0.39 is 0 Å². The van der Waals surface area contributed by atoms with Crippen molar-refractivity contribution in [3.8, 4) is 11.3 Å². The zero-order valence-corrected chi connectivity index (χ0v) is 14.4. The number of fused-ring (bicyclic) bond motifs is 1. The van der Waals surface area contributed by atoms with Crippen LogP contribution in [0.1, 0.15) is 10.4 Å². The molecular weight excluding hydrogens is 347 g/mol. The molecule has 0 unspecified atom stereocenters. The normalized spacial score (nSPS) is 11.2. The molecule has 0 radical (unpaired) electrons. The van der Waals surface area contributed by atoms with Gasteiger partial charge in [0.15, 0.2) is 4.96 Å². The first kappa shape index (κ1) is 14.8. The molecule has 2 heterocycles. The first-order valence-electron chi connectivity index (χ1n) is 7.16. The highest BCUT2D eigenvalue weighted by molar-refractivity contribution is 7.17. The van der Waals surface area contributed by atoms with E-state index in [0.717, 1.165) is 28.2 Å². The van der Waals surface area contributed by atoms with Crippen molar-refractivity contribution in [3.63, 3.8) is 0 Å². The predicted octanol–water partition coefficient (Wildman–Crippen LogP) is 5.96. The third-order valence-electron chi connectivity index (χ3n) is 3.67. The zero-order valence-electron chi connectivity index (χ0n) is 12.0. The molecule has 0 atom stereocenters. The van der Waals surface area contributed by atoms with Gasteiger partial charge >= 0.3 is 0 Å². The molecule has 0 N–H and O–H groups in total.